The Hall–Kier alpha value is -1.58. The van der Waals surface area contributed by atoms with Crippen LogP contribution < -0.4 is 10.5 Å². The van der Waals surface area contributed by atoms with E-state index in [0.29, 0.717) is 16.3 Å². The molecule has 2 atom stereocenters. The number of hydrogen-bond donors (Lipinski definition) is 1. The van der Waals surface area contributed by atoms with Crippen molar-refractivity contribution in [1.82, 2.24) is 0 Å². The highest BCUT2D eigenvalue weighted by Crippen LogP contribution is 2.31. The first-order valence-corrected chi connectivity index (χ1v) is 6.79. The molecule has 0 saturated carbocycles. The van der Waals surface area contributed by atoms with Gasteiger partial charge in [0.1, 0.15) is 17.7 Å². The minimum absolute atomic E-state index is 0.298. The SMILES string of the molecule is Cc1ccc(Cl)c(OC(c2cccc(F)c2)C(C)N)c1. The molecule has 2 nitrogen and oxygen atoms in total. The van der Waals surface area contributed by atoms with E-state index in [9.17, 15) is 4.39 Å². The Morgan fingerprint density at radius 1 is 1.20 bits per heavy atom. The molecule has 0 radical (unpaired) electrons. The van der Waals surface area contributed by atoms with Crippen LogP contribution in [0.15, 0.2) is 42.5 Å². The second-order valence-electron chi connectivity index (χ2n) is 4.89. The second kappa shape index (κ2) is 6.25. The Bertz CT molecular complexity index is 601. The Balaban J connectivity index is 2.33. The summed E-state index contributed by atoms with van der Waals surface area (Å²) in [5.74, 6) is 0.241. The van der Waals surface area contributed by atoms with Crippen LogP contribution in [-0.2, 0) is 0 Å². The standard InChI is InChI=1S/C16H17ClFNO/c1-10-6-7-14(17)15(8-10)20-16(11(2)19)12-4-3-5-13(18)9-12/h3-9,11,16H,19H2,1-2H3. The summed E-state index contributed by atoms with van der Waals surface area (Å²) in [7, 11) is 0. The van der Waals surface area contributed by atoms with Crippen LogP contribution in [0.2, 0.25) is 5.02 Å². The molecule has 0 heterocycles. The molecule has 20 heavy (non-hydrogen) atoms. The lowest BCUT2D eigenvalue weighted by Crippen LogP contribution is -2.29. The molecule has 106 valence electrons. The van der Waals surface area contributed by atoms with Crippen molar-refractivity contribution in [2.45, 2.75) is 26.0 Å². The van der Waals surface area contributed by atoms with Gasteiger partial charge in [0.2, 0.25) is 0 Å². The third-order valence-electron chi connectivity index (χ3n) is 3.00. The van der Waals surface area contributed by atoms with Crippen molar-refractivity contribution in [3.05, 3.63) is 64.4 Å². The first kappa shape index (κ1) is 14.8. The predicted molar refractivity (Wildman–Crippen MR) is 79.6 cm³/mol. The molecule has 0 fully saturated rings. The number of nitrogens with two attached hydrogens (primary N) is 1. The van der Waals surface area contributed by atoms with E-state index in [-0.39, 0.29) is 11.9 Å². The summed E-state index contributed by atoms with van der Waals surface area (Å²) in [4.78, 5) is 0. The highest BCUT2D eigenvalue weighted by Gasteiger charge is 2.20. The van der Waals surface area contributed by atoms with E-state index in [4.69, 9.17) is 22.1 Å². The van der Waals surface area contributed by atoms with Crippen molar-refractivity contribution in [2.75, 3.05) is 0 Å². The van der Waals surface area contributed by atoms with Crippen molar-refractivity contribution in [3.63, 3.8) is 0 Å². The highest BCUT2D eigenvalue weighted by atomic mass is 35.5. The van der Waals surface area contributed by atoms with Crippen molar-refractivity contribution in [1.29, 1.82) is 0 Å². The Kier molecular flexibility index (Phi) is 4.63. The normalized spacial score (nSPS) is 13.8. The van der Waals surface area contributed by atoms with Crippen LogP contribution in [-0.4, -0.2) is 6.04 Å². The Morgan fingerprint density at radius 3 is 2.60 bits per heavy atom. The first-order valence-electron chi connectivity index (χ1n) is 6.41. The molecule has 2 aromatic carbocycles. The van der Waals surface area contributed by atoms with E-state index in [1.807, 2.05) is 26.0 Å². The largest absolute Gasteiger partial charge is 0.483 e. The monoisotopic (exact) mass is 293 g/mol. The third kappa shape index (κ3) is 3.50. The summed E-state index contributed by atoms with van der Waals surface area (Å²) in [6.45, 7) is 3.77. The van der Waals surface area contributed by atoms with Gasteiger partial charge in [0.25, 0.3) is 0 Å². The van der Waals surface area contributed by atoms with Gasteiger partial charge in [-0.2, -0.15) is 0 Å². The number of benzene rings is 2. The van der Waals surface area contributed by atoms with Crippen LogP contribution >= 0.6 is 11.6 Å². The fraction of sp³-hybridized carbons (Fsp3) is 0.250. The first-order chi connectivity index (χ1) is 9.47. The molecule has 0 saturated heterocycles. The predicted octanol–water partition coefficient (Wildman–Crippen LogP) is 4.25. The molecule has 0 aromatic heterocycles. The minimum atomic E-state index is -0.454. The van der Waals surface area contributed by atoms with Crippen molar-refractivity contribution in [3.8, 4) is 5.75 Å². The van der Waals surface area contributed by atoms with Gasteiger partial charge in [-0.3, -0.25) is 0 Å². The minimum Gasteiger partial charge on any atom is -0.483 e. The summed E-state index contributed by atoms with van der Waals surface area (Å²) in [6.07, 6.45) is -0.454. The quantitative estimate of drug-likeness (QED) is 0.914. The molecule has 2 aromatic rings. The van der Waals surface area contributed by atoms with Gasteiger partial charge in [-0.1, -0.05) is 29.8 Å². The average molecular weight is 294 g/mol. The van der Waals surface area contributed by atoms with Crippen LogP contribution in [0.25, 0.3) is 0 Å². The van der Waals surface area contributed by atoms with E-state index in [2.05, 4.69) is 0 Å². The number of rotatable bonds is 4. The van der Waals surface area contributed by atoms with Gasteiger partial charge < -0.3 is 10.5 Å². The second-order valence-corrected chi connectivity index (χ2v) is 5.29. The maximum Gasteiger partial charge on any atom is 0.139 e. The molecule has 2 N–H and O–H groups in total. The number of ether oxygens (including phenoxy) is 1. The molecule has 2 rings (SSSR count). The Morgan fingerprint density at radius 2 is 1.95 bits per heavy atom. The molecule has 0 bridgehead atoms. The molecule has 4 heteroatoms. The fourth-order valence-electron chi connectivity index (χ4n) is 2.00. The van der Waals surface area contributed by atoms with E-state index < -0.39 is 6.10 Å². The summed E-state index contributed by atoms with van der Waals surface area (Å²) in [5.41, 5.74) is 7.69. The zero-order valence-electron chi connectivity index (χ0n) is 11.4. The van der Waals surface area contributed by atoms with Gasteiger partial charge in [-0.25, -0.2) is 4.39 Å². The fourth-order valence-corrected chi connectivity index (χ4v) is 2.16. The maximum absolute atomic E-state index is 13.4. The lowest BCUT2D eigenvalue weighted by Gasteiger charge is -2.23. The van der Waals surface area contributed by atoms with E-state index in [1.54, 1.807) is 18.2 Å². The van der Waals surface area contributed by atoms with Crippen LogP contribution in [0.3, 0.4) is 0 Å². The molecule has 0 spiro atoms. The van der Waals surface area contributed by atoms with Gasteiger partial charge in [-0.05, 0) is 49.2 Å². The van der Waals surface area contributed by atoms with Crippen LogP contribution in [0, 0.1) is 12.7 Å². The summed E-state index contributed by atoms with van der Waals surface area (Å²) < 4.78 is 19.3. The molecular formula is C16H17ClFNO. The van der Waals surface area contributed by atoms with E-state index in [0.717, 1.165) is 5.56 Å². The van der Waals surface area contributed by atoms with Crippen LogP contribution in [0.1, 0.15) is 24.2 Å². The van der Waals surface area contributed by atoms with Crippen LogP contribution in [0.5, 0.6) is 5.75 Å². The molecule has 0 amide bonds. The molecule has 0 aliphatic heterocycles. The van der Waals surface area contributed by atoms with Crippen molar-refractivity contribution >= 4 is 11.6 Å². The summed E-state index contributed by atoms with van der Waals surface area (Å²) in [6, 6.07) is 11.5. The number of hydrogen-bond acceptors (Lipinski definition) is 2. The lowest BCUT2D eigenvalue weighted by atomic mass is 10.0. The van der Waals surface area contributed by atoms with Gasteiger partial charge in [0.05, 0.1) is 5.02 Å². The molecule has 2 unspecified atom stereocenters. The van der Waals surface area contributed by atoms with Gasteiger partial charge in [-0.15, -0.1) is 0 Å². The summed E-state index contributed by atoms with van der Waals surface area (Å²) >= 11 is 6.12. The third-order valence-corrected chi connectivity index (χ3v) is 3.31. The number of halogens is 2. The van der Waals surface area contributed by atoms with E-state index in [1.165, 1.54) is 12.1 Å². The van der Waals surface area contributed by atoms with Crippen LogP contribution in [0.4, 0.5) is 4.39 Å². The van der Waals surface area contributed by atoms with Crippen molar-refractivity contribution in [2.24, 2.45) is 5.73 Å². The van der Waals surface area contributed by atoms with Crippen molar-refractivity contribution < 1.29 is 9.13 Å². The maximum atomic E-state index is 13.4. The highest BCUT2D eigenvalue weighted by molar-refractivity contribution is 6.32. The number of aryl methyl sites for hydroxylation is 1. The van der Waals surface area contributed by atoms with Gasteiger partial charge in [0.15, 0.2) is 0 Å². The Labute approximate surface area is 123 Å². The van der Waals surface area contributed by atoms with Gasteiger partial charge in [0, 0.05) is 6.04 Å². The molecular weight excluding hydrogens is 277 g/mol. The lowest BCUT2D eigenvalue weighted by molar-refractivity contribution is 0.180. The zero-order valence-corrected chi connectivity index (χ0v) is 12.2. The van der Waals surface area contributed by atoms with E-state index >= 15 is 0 Å². The molecule has 0 aliphatic carbocycles. The van der Waals surface area contributed by atoms with Gasteiger partial charge >= 0.3 is 0 Å². The zero-order chi connectivity index (χ0) is 14.7. The summed E-state index contributed by atoms with van der Waals surface area (Å²) in [5, 5.41) is 0.512. The molecule has 0 aliphatic rings. The average Bonchev–Trinajstić information content (AvgIpc) is 2.39. The smallest absolute Gasteiger partial charge is 0.139 e. The topological polar surface area (TPSA) is 35.2 Å².